The Morgan fingerprint density at radius 1 is 0.333 bits per heavy atom. The Balaban J connectivity index is 2.07. The summed E-state index contributed by atoms with van der Waals surface area (Å²) in [6, 6.07) is 15.9. The molecule has 11 atom stereocenters. The summed E-state index contributed by atoms with van der Waals surface area (Å²) in [4.78, 5) is 161. The first-order valence-electron chi connectivity index (χ1n) is 37.0. The highest BCUT2D eigenvalue weighted by Gasteiger charge is 2.31. The Kier molecular flexibility index (Phi) is 43.1. The molecule has 102 heavy (non-hydrogen) atoms. The summed E-state index contributed by atoms with van der Waals surface area (Å²) >= 11 is 0. The predicted octanol–water partition coefficient (Wildman–Crippen LogP) is 3.97. The highest BCUT2D eigenvalue weighted by atomic mass is 16.2. The highest BCUT2D eigenvalue weighted by molar-refractivity contribution is 5.90. The van der Waals surface area contributed by atoms with Crippen molar-refractivity contribution >= 4 is 70.9 Å². The van der Waals surface area contributed by atoms with Crippen LogP contribution < -0.4 is 75.3 Å². The van der Waals surface area contributed by atoms with Crippen molar-refractivity contribution in [3.05, 3.63) is 71.8 Å². The maximum absolute atomic E-state index is 14.2. The Hall–Kier alpha value is -8.00. The quantitative estimate of drug-likeness (QED) is 0.0446. The van der Waals surface area contributed by atoms with Crippen LogP contribution in [0.2, 0.25) is 0 Å². The van der Waals surface area contributed by atoms with Crippen molar-refractivity contribution in [2.24, 2.45) is 76.6 Å². The Labute approximate surface area is 607 Å². The number of carbonyl (C=O) groups excluding carboxylic acids is 12. The fourth-order valence-electron chi connectivity index (χ4n) is 11.4. The van der Waals surface area contributed by atoms with Gasteiger partial charge >= 0.3 is 0 Å². The van der Waals surface area contributed by atoms with Gasteiger partial charge in [0.05, 0.1) is 11.8 Å². The van der Waals surface area contributed by atoms with Gasteiger partial charge in [-0.05, 0) is 78.7 Å². The number of hydrogen-bond acceptors (Lipinski definition) is 14. The minimum absolute atomic E-state index is 0.00439. The molecule has 574 valence electrons. The van der Waals surface area contributed by atoms with E-state index < -0.39 is 95.2 Å². The van der Waals surface area contributed by atoms with Crippen LogP contribution in [0.1, 0.15) is 179 Å². The minimum atomic E-state index is -0.829. The molecule has 0 aliphatic rings. The van der Waals surface area contributed by atoms with E-state index in [1.165, 1.54) is 0 Å². The van der Waals surface area contributed by atoms with E-state index in [1.54, 1.807) is 20.8 Å². The largest absolute Gasteiger partial charge is 0.355 e. The van der Waals surface area contributed by atoms with E-state index in [1.807, 2.05) is 144 Å². The maximum Gasteiger partial charge on any atom is 0.224 e. The fourth-order valence-corrected chi connectivity index (χ4v) is 11.4. The van der Waals surface area contributed by atoms with Gasteiger partial charge in [0.2, 0.25) is 70.9 Å². The summed E-state index contributed by atoms with van der Waals surface area (Å²) in [6.45, 7) is 29.7. The van der Waals surface area contributed by atoms with Crippen molar-refractivity contribution in [3.63, 3.8) is 0 Å². The molecule has 0 radical (unpaired) electrons. The number of amides is 12. The lowest BCUT2D eigenvalue weighted by Crippen LogP contribution is -2.50. The number of nitrogens with one attached hydrogen (secondary N) is 12. The summed E-state index contributed by atoms with van der Waals surface area (Å²) in [5, 5.41) is 35.0. The van der Waals surface area contributed by atoms with Gasteiger partial charge in [0, 0.05) is 151 Å². The van der Waals surface area contributed by atoms with Crippen LogP contribution in [-0.4, -0.2) is 159 Å². The molecule has 2 rings (SSSR count). The molecular formula is C76H128N14O12. The molecule has 0 spiro atoms. The minimum Gasteiger partial charge on any atom is -0.355 e. The molecule has 0 heterocycles. The van der Waals surface area contributed by atoms with E-state index in [0.717, 1.165) is 11.1 Å². The molecule has 0 unspecified atom stereocenters. The van der Waals surface area contributed by atoms with Crippen LogP contribution in [0.3, 0.4) is 0 Å². The lowest BCUT2D eigenvalue weighted by molar-refractivity contribution is -0.131. The molecule has 26 nitrogen and oxygen atoms in total. The van der Waals surface area contributed by atoms with Gasteiger partial charge in [-0.25, -0.2) is 0 Å². The van der Waals surface area contributed by atoms with E-state index in [-0.39, 0.29) is 174 Å². The molecule has 0 aliphatic carbocycles. The smallest absolute Gasteiger partial charge is 0.224 e. The molecule has 0 aliphatic heterocycles. The van der Waals surface area contributed by atoms with Crippen LogP contribution in [0.4, 0.5) is 0 Å². The van der Waals surface area contributed by atoms with Crippen molar-refractivity contribution in [3.8, 4) is 0 Å². The van der Waals surface area contributed by atoms with E-state index in [0.29, 0.717) is 32.4 Å². The summed E-state index contributed by atoms with van der Waals surface area (Å²) in [5.74, 6) is -7.87. The van der Waals surface area contributed by atoms with Gasteiger partial charge in [-0.15, -0.1) is 0 Å². The average molecular weight is 1430 g/mol. The second kappa shape index (κ2) is 48.8. The third-order valence-corrected chi connectivity index (χ3v) is 17.7. The molecule has 0 bridgehead atoms. The molecule has 0 saturated heterocycles. The molecule has 2 aromatic rings. The molecule has 0 fully saturated rings. The zero-order valence-electron chi connectivity index (χ0n) is 63.8. The monoisotopic (exact) mass is 1430 g/mol. The molecule has 26 heteroatoms. The first-order chi connectivity index (χ1) is 48.0. The topological polar surface area (TPSA) is 401 Å². The molecule has 0 aromatic heterocycles. The second-order valence-corrected chi connectivity index (χ2v) is 30.1. The summed E-state index contributed by atoms with van der Waals surface area (Å²) in [6.07, 6.45) is 1.34. The van der Waals surface area contributed by atoms with Crippen molar-refractivity contribution < 1.29 is 57.5 Å². The summed E-state index contributed by atoms with van der Waals surface area (Å²) < 4.78 is 0. The number of hydrogen-bond donors (Lipinski definition) is 14. The third kappa shape index (κ3) is 39.4. The molecule has 0 saturated carbocycles. The Morgan fingerprint density at radius 2 is 0.637 bits per heavy atom. The van der Waals surface area contributed by atoms with E-state index in [2.05, 4.69) is 63.8 Å². The number of benzene rings is 2. The van der Waals surface area contributed by atoms with Crippen molar-refractivity contribution in [2.45, 2.75) is 217 Å². The zero-order chi connectivity index (χ0) is 76.6. The van der Waals surface area contributed by atoms with Crippen molar-refractivity contribution in [2.75, 3.05) is 52.4 Å². The third-order valence-electron chi connectivity index (χ3n) is 17.7. The Bertz CT molecular complexity index is 2910. The van der Waals surface area contributed by atoms with Gasteiger partial charge in [-0.1, -0.05) is 165 Å². The molecule has 2 aromatic carbocycles. The maximum atomic E-state index is 14.2. The van der Waals surface area contributed by atoms with Crippen LogP contribution in [0.25, 0.3) is 0 Å². The molecular weight excluding hydrogens is 1300 g/mol. The van der Waals surface area contributed by atoms with Crippen LogP contribution in [-0.2, 0) is 70.4 Å². The molecule has 12 amide bonds. The normalized spacial score (nSPS) is 14.7. The van der Waals surface area contributed by atoms with Crippen LogP contribution in [0.5, 0.6) is 0 Å². The number of nitrogens with two attached hydrogens (primary N) is 2. The van der Waals surface area contributed by atoms with Gasteiger partial charge in [-0.3, -0.25) is 57.5 Å². The standard InChI is InChI=1S/C76H128N14O12/c1-46(2)30-59(40-80-66(92)27-26-65(91)79-29-28-77)86-67(93)34-53(14)74(100)84-44-63(50(9)10)90-71(97)39-58(37-56-24-20-17-21-25-56)76(102)85-45-64(51(11)12)89-69(95)35-54(15)72(98)81-41-60(31-47(3)4)88-70(96)38-57(36-55-22-18-16-19-23-55)75(101)82-42-61(32-48(5)6)87-68(94)33-52(13)73(99)83-43-62(78)49(7)8/h16-25,46-54,57-64H,26-45,77-78H2,1-15H3,(H,79,91)(H,80,92)(H,81,98)(H,82,101)(H,83,99)(H,84,100)(H,85,102)(H,86,93)(H,87,94)(H,88,96)(H,89,95)(H,90,97)/t52-,53-,54-,57-,58-,59-,60-,61-,62+,63+,64+/m0/s1. The van der Waals surface area contributed by atoms with Gasteiger partial charge in [-0.2, -0.15) is 0 Å². The van der Waals surface area contributed by atoms with Crippen LogP contribution in [0.15, 0.2) is 60.7 Å². The van der Waals surface area contributed by atoms with Gasteiger partial charge in [0.1, 0.15) is 0 Å². The van der Waals surface area contributed by atoms with Crippen molar-refractivity contribution in [1.29, 1.82) is 0 Å². The summed E-state index contributed by atoms with van der Waals surface area (Å²) in [7, 11) is 0. The van der Waals surface area contributed by atoms with E-state index >= 15 is 0 Å². The number of rotatable bonds is 50. The zero-order valence-corrected chi connectivity index (χ0v) is 63.8. The fraction of sp³-hybridized carbons (Fsp3) is 0.684. The van der Waals surface area contributed by atoms with E-state index in [4.69, 9.17) is 11.5 Å². The summed E-state index contributed by atoms with van der Waals surface area (Å²) in [5.41, 5.74) is 13.2. The van der Waals surface area contributed by atoms with Crippen LogP contribution in [0, 0.1) is 65.1 Å². The lowest BCUT2D eigenvalue weighted by atomic mass is 9.93. The molecule has 16 N–H and O–H groups in total. The van der Waals surface area contributed by atoms with Crippen LogP contribution >= 0.6 is 0 Å². The highest BCUT2D eigenvalue weighted by Crippen LogP contribution is 2.19. The Morgan fingerprint density at radius 3 is 0.990 bits per heavy atom. The van der Waals surface area contributed by atoms with Gasteiger partial charge in [0.15, 0.2) is 0 Å². The SMILES string of the molecule is CC(C)C[C@@H](CNC(=O)CCC(=O)NCCN)NC(=O)C[C@H](C)C(=O)NC[C@@H](NC(=O)C[C@H](Cc1ccccc1)C(=O)NC[C@@H](NC(=O)C[C@H](C)C(=O)NC[C@H](CC(C)C)NC(=O)C[C@H](Cc1ccccc1)C(=O)NC[C@H](CC(C)C)NC(=O)C[C@H](C)C(=O)NC[C@@H](N)C(C)C)C(C)C)C(C)C. The van der Waals surface area contributed by atoms with Crippen molar-refractivity contribution in [1.82, 2.24) is 63.8 Å². The lowest BCUT2D eigenvalue weighted by Gasteiger charge is -2.27. The first-order valence-corrected chi connectivity index (χ1v) is 37.0. The van der Waals surface area contributed by atoms with Gasteiger partial charge < -0.3 is 75.3 Å². The van der Waals surface area contributed by atoms with Gasteiger partial charge in [0.25, 0.3) is 0 Å². The second-order valence-electron chi connectivity index (χ2n) is 30.1. The first kappa shape index (κ1) is 90.1. The predicted molar refractivity (Wildman–Crippen MR) is 398 cm³/mol. The van der Waals surface area contributed by atoms with E-state index in [9.17, 15) is 57.5 Å². The average Bonchev–Trinajstić information content (AvgIpc) is 0.900. The number of carbonyl (C=O) groups is 12.